The molecule has 2 nitrogen and oxygen atoms in total. The third kappa shape index (κ3) is 4.30. The molecule has 0 spiro atoms. The molecule has 0 saturated carbocycles. The van der Waals surface area contributed by atoms with Crippen LogP contribution in [0.25, 0.3) is 5.57 Å². The fourth-order valence-corrected chi connectivity index (χ4v) is 2.35. The molecule has 0 bridgehead atoms. The first-order valence-corrected chi connectivity index (χ1v) is 7.25. The van der Waals surface area contributed by atoms with Crippen LogP contribution in [-0.4, -0.2) is 19.2 Å². The van der Waals surface area contributed by atoms with Gasteiger partial charge in [0.25, 0.3) is 0 Å². The van der Waals surface area contributed by atoms with Crippen LogP contribution in [0.2, 0.25) is 0 Å². The van der Waals surface area contributed by atoms with Crippen LogP contribution >= 0.6 is 0 Å². The van der Waals surface area contributed by atoms with Crippen molar-refractivity contribution in [2.45, 2.75) is 26.4 Å². The summed E-state index contributed by atoms with van der Waals surface area (Å²) in [6.45, 7) is 9.60. The number of allylic oxidation sites excluding steroid dienone is 5. The summed E-state index contributed by atoms with van der Waals surface area (Å²) in [7, 11) is 0. The molecule has 112 valence electrons. The number of benzene rings is 1. The fraction of sp³-hybridized carbons (Fsp3) is 0.333. The third-order valence-electron chi connectivity index (χ3n) is 3.59. The largest absolute Gasteiger partial charge is 0.493 e. The molecule has 3 heteroatoms. The Morgan fingerprint density at radius 2 is 2.05 bits per heavy atom. The number of ether oxygens (including phenoxy) is 1. The molecule has 2 rings (SSSR count). The Balaban J connectivity index is 2.34. The lowest BCUT2D eigenvalue weighted by molar-refractivity contribution is 0.136. The average molecular weight is 287 g/mol. The highest BCUT2D eigenvalue weighted by atomic mass is 19.1. The normalized spacial score (nSPS) is 20.1. The Labute approximate surface area is 126 Å². The van der Waals surface area contributed by atoms with E-state index in [1.54, 1.807) is 18.2 Å². The van der Waals surface area contributed by atoms with Crippen molar-refractivity contribution in [3.63, 3.8) is 0 Å². The molecule has 1 heterocycles. The van der Waals surface area contributed by atoms with Gasteiger partial charge in [-0.25, -0.2) is 4.39 Å². The number of hydrogen-bond donors (Lipinski definition) is 1. The predicted molar refractivity (Wildman–Crippen MR) is 85.3 cm³/mol. The van der Waals surface area contributed by atoms with Gasteiger partial charge in [-0.2, -0.15) is 0 Å². The smallest absolute Gasteiger partial charge is 0.123 e. The summed E-state index contributed by atoms with van der Waals surface area (Å²) in [6.07, 6.45) is 5.04. The van der Waals surface area contributed by atoms with Gasteiger partial charge in [0.05, 0.1) is 0 Å². The van der Waals surface area contributed by atoms with E-state index in [9.17, 15) is 4.39 Å². The maximum Gasteiger partial charge on any atom is 0.123 e. The van der Waals surface area contributed by atoms with Gasteiger partial charge in [0.2, 0.25) is 0 Å². The molecule has 1 aromatic carbocycles. The molecule has 0 radical (unpaired) electrons. The lowest BCUT2D eigenvalue weighted by Crippen LogP contribution is -2.16. The Kier molecular flexibility index (Phi) is 5.34. The van der Waals surface area contributed by atoms with Gasteiger partial charge in [-0.05, 0) is 50.6 Å². The maximum absolute atomic E-state index is 13.1. The molecule has 0 aromatic heterocycles. The lowest BCUT2D eigenvalue weighted by Gasteiger charge is -2.16. The number of nitrogens with one attached hydrogen (secondary N) is 1. The van der Waals surface area contributed by atoms with E-state index in [1.807, 2.05) is 19.9 Å². The van der Waals surface area contributed by atoms with E-state index in [0.717, 1.165) is 42.0 Å². The standard InChI is InChI=1S/C18H22FNO/c1-4-13(2)11-18(15-5-7-16(19)8-6-15)14(3)21-17-9-10-20-12-17/h4-8,11,17,20H,1,9-10,12H2,2-3H3/b13-11-,18-14-/t17-/m0/s1. The van der Waals surface area contributed by atoms with Crippen LogP contribution in [0, 0.1) is 5.82 Å². The van der Waals surface area contributed by atoms with Crippen LogP contribution < -0.4 is 5.32 Å². The van der Waals surface area contributed by atoms with Gasteiger partial charge in [-0.1, -0.05) is 30.4 Å². The van der Waals surface area contributed by atoms with Gasteiger partial charge >= 0.3 is 0 Å². The number of hydrogen-bond acceptors (Lipinski definition) is 2. The van der Waals surface area contributed by atoms with Crippen LogP contribution in [0.1, 0.15) is 25.8 Å². The molecule has 1 aliphatic heterocycles. The van der Waals surface area contributed by atoms with E-state index in [0.29, 0.717) is 0 Å². The SMILES string of the molecule is C=C/C(C)=C\C(=C(/C)O[C@H]1CCNC1)c1ccc(F)cc1. The first-order chi connectivity index (χ1) is 10.1. The number of halogens is 1. The zero-order valence-corrected chi connectivity index (χ0v) is 12.7. The lowest BCUT2D eigenvalue weighted by atomic mass is 10.0. The van der Waals surface area contributed by atoms with Crippen molar-refractivity contribution in [1.82, 2.24) is 5.32 Å². The molecule has 1 aromatic rings. The summed E-state index contributed by atoms with van der Waals surface area (Å²) >= 11 is 0. The van der Waals surface area contributed by atoms with Gasteiger partial charge in [-0.15, -0.1) is 0 Å². The van der Waals surface area contributed by atoms with E-state index in [1.165, 1.54) is 12.1 Å². The van der Waals surface area contributed by atoms with Gasteiger partial charge in [0, 0.05) is 12.1 Å². The zero-order chi connectivity index (χ0) is 15.2. The van der Waals surface area contributed by atoms with Crippen LogP contribution in [0.15, 0.2) is 54.3 Å². The molecule has 1 N–H and O–H groups in total. The zero-order valence-electron chi connectivity index (χ0n) is 12.7. The fourth-order valence-electron chi connectivity index (χ4n) is 2.35. The quantitative estimate of drug-likeness (QED) is 0.651. The van der Waals surface area contributed by atoms with E-state index >= 15 is 0 Å². The van der Waals surface area contributed by atoms with Crippen LogP contribution in [0.3, 0.4) is 0 Å². The monoisotopic (exact) mass is 287 g/mol. The van der Waals surface area contributed by atoms with Crippen molar-refractivity contribution in [2.24, 2.45) is 0 Å². The highest BCUT2D eigenvalue weighted by Gasteiger charge is 2.17. The highest BCUT2D eigenvalue weighted by Crippen LogP contribution is 2.25. The molecule has 0 unspecified atom stereocenters. The van der Waals surface area contributed by atoms with Gasteiger partial charge < -0.3 is 10.1 Å². The second-order valence-corrected chi connectivity index (χ2v) is 5.30. The van der Waals surface area contributed by atoms with Crippen molar-refractivity contribution in [3.05, 3.63) is 65.7 Å². The molecule has 0 aliphatic carbocycles. The second kappa shape index (κ2) is 7.23. The summed E-state index contributed by atoms with van der Waals surface area (Å²) in [5.74, 6) is 0.623. The molecule has 1 saturated heterocycles. The Morgan fingerprint density at radius 1 is 1.33 bits per heavy atom. The maximum atomic E-state index is 13.1. The minimum Gasteiger partial charge on any atom is -0.493 e. The van der Waals surface area contributed by atoms with Gasteiger partial charge in [0.1, 0.15) is 17.7 Å². The Bertz CT molecular complexity index is 551. The topological polar surface area (TPSA) is 21.3 Å². The summed E-state index contributed by atoms with van der Waals surface area (Å²) < 4.78 is 19.2. The number of rotatable bonds is 5. The molecule has 1 aliphatic rings. The summed E-state index contributed by atoms with van der Waals surface area (Å²) in [5.41, 5.74) is 2.96. The molecule has 21 heavy (non-hydrogen) atoms. The summed E-state index contributed by atoms with van der Waals surface area (Å²) in [6, 6.07) is 6.49. The summed E-state index contributed by atoms with van der Waals surface area (Å²) in [5, 5.41) is 3.29. The van der Waals surface area contributed by atoms with Crippen LogP contribution in [-0.2, 0) is 4.74 Å². The Morgan fingerprint density at radius 3 is 2.62 bits per heavy atom. The van der Waals surface area contributed by atoms with Crippen molar-refractivity contribution < 1.29 is 9.13 Å². The predicted octanol–water partition coefficient (Wildman–Crippen LogP) is 4.07. The van der Waals surface area contributed by atoms with Gasteiger partial charge in [0.15, 0.2) is 0 Å². The van der Waals surface area contributed by atoms with Crippen LogP contribution in [0.4, 0.5) is 4.39 Å². The molecular formula is C18H22FNO. The highest BCUT2D eigenvalue weighted by molar-refractivity contribution is 5.76. The minimum atomic E-state index is -0.235. The van der Waals surface area contributed by atoms with E-state index < -0.39 is 0 Å². The molecule has 0 amide bonds. The van der Waals surface area contributed by atoms with Crippen molar-refractivity contribution in [1.29, 1.82) is 0 Å². The first-order valence-electron chi connectivity index (χ1n) is 7.25. The first kappa shape index (κ1) is 15.5. The van der Waals surface area contributed by atoms with Crippen LogP contribution in [0.5, 0.6) is 0 Å². The van der Waals surface area contributed by atoms with Gasteiger partial charge in [-0.3, -0.25) is 0 Å². The molecule has 1 fully saturated rings. The van der Waals surface area contributed by atoms with Crippen molar-refractivity contribution in [3.8, 4) is 0 Å². The van der Waals surface area contributed by atoms with Crippen molar-refractivity contribution >= 4 is 5.57 Å². The minimum absolute atomic E-state index is 0.206. The average Bonchev–Trinajstić information content (AvgIpc) is 2.98. The van der Waals surface area contributed by atoms with E-state index in [2.05, 4.69) is 11.9 Å². The molecule has 1 atom stereocenters. The Hall–Kier alpha value is -1.87. The van der Waals surface area contributed by atoms with E-state index in [-0.39, 0.29) is 11.9 Å². The van der Waals surface area contributed by atoms with Crippen molar-refractivity contribution in [2.75, 3.05) is 13.1 Å². The molecular weight excluding hydrogens is 265 g/mol. The summed E-state index contributed by atoms with van der Waals surface area (Å²) in [4.78, 5) is 0. The third-order valence-corrected chi connectivity index (χ3v) is 3.59. The second-order valence-electron chi connectivity index (χ2n) is 5.30. The van der Waals surface area contributed by atoms with E-state index in [4.69, 9.17) is 4.74 Å².